The third kappa shape index (κ3) is 3.38. The Labute approximate surface area is 124 Å². The van der Waals surface area contributed by atoms with Crippen LogP contribution in [0.1, 0.15) is 25.0 Å². The van der Waals surface area contributed by atoms with Crippen LogP contribution in [0.25, 0.3) is 11.1 Å². The minimum atomic E-state index is -0.205. The summed E-state index contributed by atoms with van der Waals surface area (Å²) >= 11 is 6.35. The smallest absolute Gasteiger partial charge is 0.126 e. The van der Waals surface area contributed by atoms with Gasteiger partial charge in [0.15, 0.2) is 0 Å². The Kier molecular flexibility index (Phi) is 4.79. The van der Waals surface area contributed by atoms with E-state index in [4.69, 9.17) is 11.6 Å². The lowest BCUT2D eigenvalue weighted by atomic mass is 9.99. The molecule has 106 valence electrons. The molecule has 0 radical (unpaired) electrons. The van der Waals surface area contributed by atoms with Crippen LogP contribution < -0.4 is 5.32 Å². The number of hydrogen-bond acceptors (Lipinski definition) is 1. The molecule has 0 amide bonds. The summed E-state index contributed by atoms with van der Waals surface area (Å²) in [5.41, 5.74) is 3.47. The third-order valence-electron chi connectivity index (χ3n) is 3.31. The summed E-state index contributed by atoms with van der Waals surface area (Å²) in [6, 6.07) is 11.4. The first-order valence-corrected chi connectivity index (χ1v) is 7.14. The Hall–Kier alpha value is -1.38. The lowest BCUT2D eigenvalue weighted by Crippen LogP contribution is -2.21. The van der Waals surface area contributed by atoms with E-state index in [2.05, 4.69) is 19.2 Å². The van der Waals surface area contributed by atoms with Gasteiger partial charge in [0.1, 0.15) is 5.82 Å². The van der Waals surface area contributed by atoms with Gasteiger partial charge in [0.2, 0.25) is 0 Å². The van der Waals surface area contributed by atoms with E-state index >= 15 is 0 Å². The molecule has 0 spiro atoms. The van der Waals surface area contributed by atoms with Gasteiger partial charge in [-0.05, 0) is 35.7 Å². The summed E-state index contributed by atoms with van der Waals surface area (Å²) < 4.78 is 13.6. The van der Waals surface area contributed by atoms with Crippen molar-refractivity contribution in [3.8, 4) is 11.1 Å². The van der Waals surface area contributed by atoms with Gasteiger partial charge in [-0.2, -0.15) is 0 Å². The fourth-order valence-electron chi connectivity index (χ4n) is 2.11. The standard InChI is InChI=1S/C17H19ClFN/c1-11(2)20-10-13-7-8-15(16(18)9-13)14-5-4-6-17(19)12(14)3/h4-9,11,20H,10H2,1-3H3. The molecule has 1 N–H and O–H groups in total. The SMILES string of the molecule is Cc1c(F)cccc1-c1ccc(CNC(C)C)cc1Cl. The molecule has 2 aromatic carbocycles. The molecule has 20 heavy (non-hydrogen) atoms. The van der Waals surface area contributed by atoms with Crippen LogP contribution in [0.15, 0.2) is 36.4 Å². The minimum Gasteiger partial charge on any atom is -0.310 e. The summed E-state index contributed by atoms with van der Waals surface area (Å²) in [5, 5.41) is 4.00. The molecule has 0 atom stereocenters. The van der Waals surface area contributed by atoms with E-state index in [1.54, 1.807) is 13.0 Å². The highest BCUT2D eigenvalue weighted by atomic mass is 35.5. The maximum absolute atomic E-state index is 13.6. The number of halogens is 2. The lowest BCUT2D eigenvalue weighted by molar-refractivity contribution is 0.589. The molecular weight excluding hydrogens is 273 g/mol. The average Bonchev–Trinajstić information content (AvgIpc) is 2.40. The first kappa shape index (κ1) is 15.0. The molecule has 3 heteroatoms. The number of hydrogen-bond donors (Lipinski definition) is 1. The summed E-state index contributed by atoms with van der Waals surface area (Å²) in [5.74, 6) is -0.205. The normalized spacial score (nSPS) is 11.1. The fourth-order valence-corrected chi connectivity index (χ4v) is 2.41. The topological polar surface area (TPSA) is 12.0 Å². The van der Waals surface area contributed by atoms with Gasteiger partial charge >= 0.3 is 0 Å². The highest BCUT2D eigenvalue weighted by Crippen LogP contribution is 2.32. The van der Waals surface area contributed by atoms with Crippen LogP contribution in [0.5, 0.6) is 0 Å². The predicted molar refractivity (Wildman–Crippen MR) is 83.6 cm³/mol. The van der Waals surface area contributed by atoms with Crippen LogP contribution in [-0.4, -0.2) is 6.04 Å². The molecule has 0 aliphatic rings. The molecule has 2 rings (SSSR count). The minimum absolute atomic E-state index is 0.205. The molecule has 0 aliphatic carbocycles. The van der Waals surface area contributed by atoms with E-state index in [0.29, 0.717) is 16.6 Å². The van der Waals surface area contributed by atoms with Crippen LogP contribution in [0, 0.1) is 12.7 Å². The van der Waals surface area contributed by atoms with Crippen LogP contribution >= 0.6 is 11.6 Å². The maximum Gasteiger partial charge on any atom is 0.126 e. The van der Waals surface area contributed by atoms with Crippen molar-refractivity contribution in [1.82, 2.24) is 5.32 Å². The van der Waals surface area contributed by atoms with E-state index in [1.807, 2.05) is 24.3 Å². The van der Waals surface area contributed by atoms with Gasteiger partial charge in [-0.15, -0.1) is 0 Å². The Morgan fingerprint density at radius 2 is 1.90 bits per heavy atom. The lowest BCUT2D eigenvalue weighted by Gasteiger charge is -2.12. The average molecular weight is 292 g/mol. The summed E-state index contributed by atoms with van der Waals surface area (Å²) in [6.07, 6.45) is 0. The van der Waals surface area contributed by atoms with Gasteiger partial charge in [0.05, 0.1) is 0 Å². The van der Waals surface area contributed by atoms with Gasteiger partial charge in [-0.1, -0.05) is 49.7 Å². The second kappa shape index (κ2) is 6.38. The maximum atomic E-state index is 13.6. The Morgan fingerprint density at radius 1 is 1.15 bits per heavy atom. The molecule has 0 aliphatic heterocycles. The third-order valence-corrected chi connectivity index (χ3v) is 3.62. The van der Waals surface area contributed by atoms with Crippen molar-refractivity contribution in [3.05, 3.63) is 58.4 Å². The van der Waals surface area contributed by atoms with Crippen LogP contribution in [-0.2, 0) is 6.54 Å². The molecule has 0 saturated carbocycles. The van der Waals surface area contributed by atoms with Crippen LogP contribution in [0.2, 0.25) is 5.02 Å². The quantitative estimate of drug-likeness (QED) is 0.840. The molecule has 0 fully saturated rings. The summed E-state index contributed by atoms with van der Waals surface area (Å²) in [7, 11) is 0. The highest BCUT2D eigenvalue weighted by Gasteiger charge is 2.10. The van der Waals surface area contributed by atoms with Crippen molar-refractivity contribution >= 4 is 11.6 Å². The van der Waals surface area contributed by atoms with Crippen molar-refractivity contribution in [1.29, 1.82) is 0 Å². The van der Waals surface area contributed by atoms with Crippen molar-refractivity contribution in [2.45, 2.75) is 33.4 Å². The van der Waals surface area contributed by atoms with Gasteiger partial charge in [0.25, 0.3) is 0 Å². The van der Waals surface area contributed by atoms with Crippen molar-refractivity contribution in [3.63, 3.8) is 0 Å². The molecule has 0 unspecified atom stereocenters. The monoisotopic (exact) mass is 291 g/mol. The molecule has 0 saturated heterocycles. The zero-order valence-corrected chi connectivity index (χ0v) is 12.8. The van der Waals surface area contributed by atoms with Crippen molar-refractivity contribution in [2.24, 2.45) is 0 Å². The van der Waals surface area contributed by atoms with E-state index in [1.165, 1.54) is 6.07 Å². The van der Waals surface area contributed by atoms with Crippen LogP contribution in [0.4, 0.5) is 4.39 Å². The molecular formula is C17H19ClFN. The van der Waals surface area contributed by atoms with Gasteiger partial charge in [-0.25, -0.2) is 4.39 Å². The second-order valence-corrected chi connectivity index (χ2v) is 5.67. The van der Waals surface area contributed by atoms with Gasteiger partial charge < -0.3 is 5.32 Å². The summed E-state index contributed by atoms with van der Waals surface area (Å²) in [6.45, 7) is 6.76. The van der Waals surface area contributed by atoms with Crippen molar-refractivity contribution < 1.29 is 4.39 Å². The first-order valence-electron chi connectivity index (χ1n) is 6.76. The van der Waals surface area contributed by atoms with E-state index < -0.39 is 0 Å². The Balaban J connectivity index is 2.32. The highest BCUT2D eigenvalue weighted by molar-refractivity contribution is 6.33. The van der Waals surface area contributed by atoms with E-state index in [0.717, 1.165) is 23.2 Å². The van der Waals surface area contributed by atoms with Gasteiger partial charge in [-0.3, -0.25) is 0 Å². The van der Waals surface area contributed by atoms with Crippen molar-refractivity contribution in [2.75, 3.05) is 0 Å². The summed E-state index contributed by atoms with van der Waals surface area (Å²) in [4.78, 5) is 0. The largest absolute Gasteiger partial charge is 0.310 e. The predicted octanol–water partition coefficient (Wildman–Crippen LogP) is 4.95. The Bertz CT molecular complexity index is 608. The molecule has 0 bridgehead atoms. The first-order chi connectivity index (χ1) is 9.49. The zero-order chi connectivity index (χ0) is 14.7. The molecule has 1 nitrogen and oxygen atoms in total. The van der Waals surface area contributed by atoms with Gasteiger partial charge in [0, 0.05) is 23.2 Å². The fraction of sp³-hybridized carbons (Fsp3) is 0.294. The van der Waals surface area contributed by atoms with Crippen LogP contribution in [0.3, 0.4) is 0 Å². The van der Waals surface area contributed by atoms with E-state index in [9.17, 15) is 4.39 Å². The Morgan fingerprint density at radius 3 is 2.55 bits per heavy atom. The molecule has 2 aromatic rings. The van der Waals surface area contributed by atoms with E-state index in [-0.39, 0.29) is 5.82 Å². The number of nitrogens with one attached hydrogen (secondary N) is 1. The number of benzene rings is 2. The zero-order valence-electron chi connectivity index (χ0n) is 12.0. The second-order valence-electron chi connectivity index (χ2n) is 5.26. The molecule has 0 aromatic heterocycles. The number of rotatable bonds is 4. The molecule has 0 heterocycles.